The molecule has 0 aliphatic rings. The topological polar surface area (TPSA) is 41.5 Å². The molecule has 2 N–H and O–H groups in total. The van der Waals surface area contributed by atoms with Gasteiger partial charge in [-0.3, -0.25) is 0 Å². The molecular weight excluding hydrogens is 358 g/mol. The highest BCUT2D eigenvalue weighted by Crippen LogP contribution is 2.29. The first-order valence-electron chi connectivity index (χ1n) is 9.47. The molecule has 0 aromatic heterocycles. The summed E-state index contributed by atoms with van der Waals surface area (Å²) in [5.41, 5.74) is 2.23. The van der Waals surface area contributed by atoms with Crippen LogP contribution < -0.4 is 10.1 Å². The molecule has 0 radical (unpaired) electrons. The van der Waals surface area contributed by atoms with E-state index in [1.54, 1.807) is 0 Å². The fraction of sp³-hybridized carbons (Fsp3) is 0.304. The fourth-order valence-electron chi connectivity index (χ4n) is 3.17. The largest absolute Gasteiger partial charge is 0.489 e. The minimum Gasteiger partial charge on any atom is -0.489 e. The number of aliphatic hydroxyl groups excluding tert-OH is 1. The summed E-state index contributed by atoms with van der Waals surface area (Å²) in [5, 5.41) is 15.5. The van der Waals surface area contributed by atoms with E-state index in [1.807, 2.05) is 24.3 Å². The molecule has 3 nitrogen and oxygen atoms in total. The third kappa shape index (κ3) is 5.70. The Hall–Kier alpha value is -2.07. The predicted molar refractivity (Wildman–Crippen MR) is 112 cm³/mol. The van der Waals surface area contributed by atoms with Crippen molar-refractivity contribution in [2.75, 3.05) is 13.2 Å². The van der Waals surface area contributed by atoms with Gasteiger partial charge < -0.3 is 15.2 Å². The molecule has 0 unspecified atom stereocenters. The Labute approximate surface area is 165 Å². The van der Waals surface area contributed by atoms with E-state index in [2.05, 4.69) is 41.7 Å². The fourth-order valence-corrected chi connectivity index (χ4v) is 3.39. The van der Waals surface area contributed by atoms with E-state index in [-0.39, 0.29) is 6.61 Å². The minimum atomic E-state index is 0.269. The van der Waals surface area contributed by atoms with E-state index in [0.29, 0.717) is 6.61 Å². The van der Waals surface area contributed by atoms with Gasteiger partial charge in [-0.15, -0.1) is 0 Å². The number of fused-ring (bicyclic) bond motifs is 1. The van der Waals surface area contributed by atoms with E-state index in [4.69, 9.17) is 21.4 Å². The van der Waals surface area contributed by atoms with E-state index in [9.17, 15) is 0 Å². The first-order valence-corrected chi connectivity index (χ1v) is 9.85. The lowest BCUT2D eigenvalue weighted by Crippen LogP contribution is -2.16. The zero-order valence-electron chi connectivity index (χ0n) is 15.5. The molecule has 27 heavy (non-hydrogen) atoms. The molecule has 0 atom stereocenters. The summed E-state index contributed by atoms with van der Waals surface area (Å²) < 4.78 is 6.15. The lowest BCUT2D eigenvalue weighted by molar-refractivity contribution is 0.282. The van der Waals surface area contributed by atoms with Gasteiger partial charge in [0.1, 0.15) is 12.4 Å². The van der Waals surface area contributed by atoms with Crippen molar-refractivity contribution in [3.05, 3.63) is 76.8 Å². The zero-order chi connectivity index (χ0) is 18.9. The van der Waals surface area contributed by atoms with Crippen molar-refractivity contribution < 1.29 is 9.84 Å². The quantitative estimate of drug-likeness (QED) is 0.465. The second-order valence-corrected chi connectivity index (χ2v) is 7.08. The Morgan fingerprint density at radius 1 is 0.926 bits per heavy atom. The van der Waals surface area contributed by atoms with Crippen LogP contribution in [0.5, 0.6) is 5.75 Å². The second kappa shape index (κ2) is 10.3. The molecule has 0 heterocycles. The number of benzene rings is 3. The molecule has 0 aliphatic carbocycles. The normalized spacial score (nSPS) is 11.0. The van der Waals surface area contributed by atoms with Gasteiger partial charge >= 0.3 is 0 Å². The van der Waals surface area contributed by atoms with E-state index < -0.39 is 0 Å². The summed E-state index contributed by atoms with van der Waals surface area (Å²) in [5.74, 6) is 0.900. The molecule has 0 saturated carbocycles. The molecule has 0 aliphatic heterocycles. The number of halogens is 1. The SMILES string of the molecule is OCCCCCNCc1c(OCc2cccc(Cl)c2)ccc2ccccc12. The monoisotopic (exact) mass is 383 g/mol. The van der Waals surface area contributed by atoms with E-state index >= 15 is 0 Å². The molecule has 4 heteroatoms. The molecule has 0 saturated heterocycles. The number of rotatable bonds is 10. The van der Waals surface area contributed by atoms with Crippen LogP contribution in [0.3, 0.4) is 0 Å². The van der Waals surface area contributed by atoms with E-state index in [1.165, 1.54) is 16.3 Å². The smallest absolute Gasteiger partial charge is 0.124 e. The van der Waals surface area contributed by atoms with E-state index in [0.717, 1.165) is 48.7 Å². The summed E-state index contributed by atoms with van der Waals surface area (Å²) in [6.45, 7) is 2.44. The Kier molecular flexibility index (Phi) is 7.52. The summed E-state index contributed by atoms with van der Waals surface area (Å²) in [4.78, 5) is 0. The van der Waals surface area contributed by atoms with Crippen LogP contribution in [0, 0.1) is 0 Å². The van der Waals surface area contributed by atoms with Crippen molar-refractivity contribution in [3.63, 3.8) is 0 Å². The lowest BCUT2D eigenvalue weighted by atomic mass is 10.0. The van der Waals surface area contributed by atoms with Gasteiger partial charge in [0.25, 0.3) is 0 Å². The first kappa shape index (κ1) is 19.7. The summed E-state index contributed by atoms with van der Waals surface area (Å²) in [7, 11) is 0. The Bertz CT molecular complexity index is 866. The Balaban J connectivity index is 1.73. The number of aliphatic hydroxyl groups is 1. The van der Waals surface area contributed by atoms with Gasteiger partial charge in [0, 0.05) is 23.7 Å². The molecule has 3 aromatic rings. The third-order valence-electron chi connectivity index (χ3n) is 4.59. The highest BCUT2D eigenvalue weighted by molar-refractivity contribution is 6.30. The molecule has 3 rings (SSSR count). The standard InChI is InChI=1S/C23H26ClNO2/c24-20-9-6-7-18(15-20)17-27-23-12-11-19-8-2-3-10-21(19)22(23)16-25-13-4-1-5-14-26/h2-3,6-12,15,25-26H,1,4-5,13-14,16-17H2. The minimum absolute atomic E-state index is 0.269. The zero-order valence-corrected chi connectivity index (χ0v) is 16.2. The Morgan fingerprint density at radius 2 is 1.81 bits per heavy atom. The summed E-state index contributed by atoms with van der Waals surface area (Å²) in [6, 6.07) is 20.3. The van der Waals surface area contributed by atoms with Gasteiger partial charge in [0.2, 0.25) is 0 Å². The third-order valence-corrected chi connectivity index (χ3v) is 4.83. The van der Waals surface area contributed by atoms with Gasteiger partial charge in [0.05, 0.1) is 0 Å². The van der Waals surface area contributed by atoms with Crippen molar-refractivity contribution in [2.45, 2.75) is 32.4 Å². The molecule has 0 fully saturated rings. The molecule has 0 amide bonds. The van der Waals surface area contributed by atoms with Gasteiger partial charge in [-0.2, -0.15) is 0 Å². The van der Waals surface area contributed by atoms with Crippen molar-refractivity contribution in [3.8, 4) is 5.75 Å². The van der Waals surface area contributed by atoms with Crippen LogP contribution in [-0.4, -0.2) is 18.3 Å². The molecular formula is C23H26ClNO2. The van der Waals surface area contributed by atoms with Crippen molar-refractivity contribution in [1.29, 1.82) is 0 Å². The van der Waals surface area contributed by atoms with Gasteiger partial charge in [-0.1, -0.05) is 54.1 Å². The predicted octanol–water partition coefficient (Wildman–Crippen LogP) is 5.32. The van der Waals surface area contributed by atoms with Gasteiger partial charge in [0.15, 0.2) is 0 Å². The summed E-state index contributed by atoms with van der Waals surface area (Å²) >= 11 is 6.08. The van der Waals surface area contributed by atoms with Crippen LogP contribution in [0.25, 0.3) is 10.8 Å². The van der Waals surface area contributed by atoms with Crippen LogP contribution in [0.2, 0.25) is 5.02 Å². The van der Waals surface area contributed by atoms with Crippen LogP contribution in [-0.2, 0) is 13.2 Å². The van der Waals surface area contributed by atoms with Crippen LogP contribution in [0.4, 0.5) is 0 Å². The van der Waals surface area contributed by atoms with Crippen LogP contribution in [0.15, 0.2) is 60.7 Å². The maximum Gasteiger partial charge on any atom is 0.124 e. The highest BCUT2D eigenvalue weighted by atomic mass is 35.5. The number of ether oxygens (including phenoxy) is 1. The van der Waals surface area contributed by atoms with Crippen molar-refractivity contribution in [1.82, 2.24) is 5.32 Å². The maximum atomic E-state index is 8.88. The number of hydrogen-bond donors (Lipinski definition) is 2. The molecule has 0 bridgehead atoms. The van der Waals surface area contributed by atoms with Gasteiger partial charge in [-0.25, -0.2) is 0 Å². The number of hydrogen-bond acceptors (Lipinski definition) is 3. The number of unbranched alkanes of at least 4 members (excludes halogenated alkanes) is 2. The average Bonchev–Trinajstić information content (AvgIpc) is 2.69. The molecule has 3 aromatic carbocycles. The Morgan fingerprint density at radius 3 is 2.67 bits per heavy atom. The van der Waals surface area contributed by atoms with Crippen molar-refractivity contribution in [2.24, 2.45) is 0 Å². The molecule has 142 valence electrons. The summed E-state index contributed by atoms with van der Waals surface area (Å²) in [6.07, 6.45) is 2.96. The molecule has 0 spiro atoms. The highest BCUT2D eigenvalue weighted by Gasteiger charge is 2.09. The average molecular weight is 384 g/mol. The maximum absolute atomic E-state index is 8.88. The second-order valence-electron chi connectivity index (χ2n) is 6.64. The first-order chi connectivity index (χ1) is 13.3. The van der Waals surface area contributed by atoms with Crippen molar-refractivity contribution >= 4 is 22.4 Å². The van der Waals surface area contributed by atoms with Crippen LogP contribution in [0.1, 0.15) is 30.4 Å². The number of nitrogens with one attached hydrogen (secondary N) is 1. The van der Waals surface area contributed by atoms with Gasteiger partial charge in [-0.05, 0) is 60.3 Å². The lowest BCUT2D eigenvalue weighted by Gasteiger charge is -2.15. The van der Waals surface area contributed by atoms with Crippen LogP contribution >= 0.6 is 11.6 Å².